The summed E-state index contributed by atoms with van der Waals surface area (Å²) in [7, 11) is -2.99. The van der Waals surface area contributed by atoms with Gasteiger partial charge in [0.2, 0.25) is 0 Å². The van der Waals surface area contributed by atoms with Crippen LogP contribution in [0.25, 0.3) is 77.2 Å². The molecule has 2 aromatic heterocycles. The highest BCUT2D eigenvalue weighted by atomic mass is 28.3. The molecule has 2 nitrogen and oxygen atoms in total. The third kappa shape index (κ3) is 5.78. The summed E-state index contributed by atoms with van der Waals surface area (Å²) < 4.78 is 5.05. The van der Waals surface area contributed by atoms with E-state index in [0.29, 0.717) is 0 Å². The van der Waals surface area contributed by atoms with Crippen LogP contribution < -0.4 is 20.7 Å². The Hall–Kier alpha value is -7.98. The molecule has 296 valence electrons. The first-order valence-electron chi connectivity index (χ1n) is 21.8. The predicted molar refractivity (Wildman–Crippen MR) is 270 cm³/mol. The summed E-state index contributed by atoms with van der Waals surface area (Å²) in [6, 6.07) is 94.3. The lowest BCUT2D eigenvalue weighted by Gasteiger charge is -2.35. The Morgan fingerprint density at radius 3 is 1.43 bits per heavy atom. The van der Waals surface area contributed by atoms with Crippen molar-refractivity contribution < 1.29 is 0 Å². The molecule has 0 unspecified atom stereocenters. The Morgan fingerprint density at radius 1 is 0.302 bits per heavy atom. The molecule has 0 aliphatic rings. The molecular weight excluding hydrogens is 777 g/mol. The first kappa shape index (κ1) is 36.8. The number of nitrogens with zero attached hydrogens (tertiary/aromatic N) is 2. The van der Waals surface area contributed by atoms with E-state index in [4.69, 9.17) is 0 Å². The molecule has 0 saturated heterocycles. The second-order valence-corrected chi connectivity index (χ2v) is 20.2. The van der Waals surface area contributed by atoms with Gasteiger partial charge in [0.1, 0.15) is 0 Å². The molecule has 0 spiro atoms. The standard InChI is InChI=1S/C60H42N2Si/c1-6-22-43(23-7-1)49-32-16-18-36-54(49)62-55-37-19-17-33-51(55)53-42-45(40-41-56(53)62)61-57-38-20-34-50(44-24-8-2-9-25-44)59(57)52-35-21-39-58(60(52)61)63(46-26-10-3-11-27-46,47-28-12-4-13-29-47)48-30-14-5-15-31-48/h1-42H. The monoisotopic (exact) mass is 818 g/mol. The number of para-hydroxylation sites is 3. The molecule has 0 bridgehead atoms. The quantitative estimate of drug-likeness (QED) is 0.107. The Bertz CT molecular complexity index is 3500. The van der Waals surface area contributed by atoms with E-state index in [1.165, 1.54) is 92.3 Å². The van der Waals surface area contributed by atoms with Gasteiger partial charge in [-0.05, 0) is 73.8 Å². The van der Waals surface area contributed by atoms with Gasteiger partial charge in [0.25, 0.3) is 0 Å². The first-order valence-corrected chi connectivity index (χ1v) is 23.8. The molecule has 2 heterocycles. The van der Waals surface area contributed by atoms with Crippen LogP contribution in [0.4, 0.5) is 0 Å². The van der Waals surface area contributed by atoms with Crippen molar-refractivity contribution in [1.29, 1.82) is 0 Å². The van der Waals surface area contributed by atoms with E-state index in [-0.39, 0.29) is 0 Å². The van der Waals surface area contributed by atoms with Crippen molar-refractivity contribution >= 4 is 72.4 Å². The van der Waals surface area contributed by atoms with E-state index < -0.39 is 8.07 Å². The van der Waals surface area contributed by atoms with Crippen LogP contribution >= 0.6 is 0 Å². The average Bonchev–Trinajstić information content (AvgIpc) is 3.89. The van der Waals surface area contributed by atoms with Crippen LogP contribution in [-0.4, -0.2) is 17.2 Å². The molecule has 0 aliphatic heterocycles. The van der Waals surface area contributed by atoms with Crippen LogP contribution in [0, 0.1) is 0 Å². The summed E-state index contributed by atoms with van der Waals surface area (Å²) in [6.07, 6.45) is 0. The van der Waals surface area contributed by atoms with Gasteiger partial charge in [-0.15, -0.1) is 0 Å². The number of aromatic nitrogens is 2. The Labute approximate surface area is 368 Å². The third-order valence-corrected chi connectivity index (χ3v) is 17.9. The molecule has 0 N–H and O–H groups in total. The largest absolute Gasteiger partial charge is 0.309 e. The van der Waals surface area contributed by atoms with Crippen molar-refractivity contribution in [2.45, 2.75) is 0 Å². The predicted octanol–water partition coefficient (Wildman–Crippen LogP) is 12.6. The molecule has 0 fully saturated rings. The zero-order valence-electron chi connectivity index (χ0n) is 34.6. The zero-order chi connectivity index (χ0) is 41.7. The van der Waals surface area contributed by atoms with Crippen LogP contribution in [0.15, 0.2) is 255 Å². The molecule has 0 radical (unpaired) electrons. The maximum Gasteiger partial charge on any atom is 0.181 e. The van der Waals surface area contributed by atoms with Crippen molar-refractivity contribution in [3.05, 3.63) is 255 Å². The Morgan fingerprint density at radius 2 is 0.778 bits per heavy atom. The molecule has 0 saturated carbocycles. The van der Waals surface area contributed by atoms with Gasteiger partial charge in [0, 0.05) is 32.8 Å². The lowest BCUT2D eigenvalue weighted by Crippen LogP contribution is -2.75. The number of rotatable bonds is 8. The molecule has 12 rings (SSSR count). The van der Waals surface area contributed by atoms with E-state index in [9.17, 15) is 0 Å². The van der Waals surface area contributed by atoms with Gasteiger partial charge in [-0.25, -0.2) is 0 Å². The van der Waals surface area contributed by atoms with E-state index in [2.05, 4.69) is 264 Å². The molecule has 0 atom stereocenters. The van der Waals surface area contributed by atoms with Crippen LogP contribution in [0.3, 0.4) is 0 Å². The summed E-state index contributed by atoms with van der Waals surface area (Å²) >= 11 is 0. The van der Waals surface area contributed by atoms with Crippen molar-refractivity contribution in [2.75, 3.05) is 0 Å². The van der Waals surface area contributed by atoms with Gasteiger partial charge in [0.05, 0.1) is 27.8 Å². The maximum absolute atomic E-state index is 2.99. The number of hydrogen-bond acceptors (Lipinski definition) is 0. The highest BCUT2D eigenvalue weighted by Gasteiger charge is 2.43. The normalized spacial score (nSPS) is 11.8. The molecule has 0 amide bonds. The summed E-state index contributed by atoms with van der Waals surface area (Å²) in [4.78, 5) is 0. The Balaban J connectivity index is 1.23. The maximum atomic E-state index is 2.59. The van der Waals surface area contributed by atoms with Gasteiger partial charge in [-0.2, -0.15) is 0 Å². The van der Waals surface area contributed by atoms with Crippen molar-refractivity contribution in [2.24, 2.45) is 0 Å². The lowest BCUT2D eigenvalue weighted by atomic mass is 9.99. The fourth-order valence-corrected chi connectivity index (χ4v) is 15.4. The van der Waals surface area contributed by atoms with E-state index >= 15 is 0 Å². The minimum absolute atomic E-state index is 1.14. The van der Waals surface area contributed by atoms with Crippen LogP contribution in [0.1, 0.15) is 0 Å². The minimum atomic E-state index is -2.99. The van der Waals surface area contributed by atoms with Crippen LogP contribution in [-0.2, 0) is 0 Å². The smallest absolute Gasteiger partial charge is 0.181 e. The van der Waals surface area contributed by atoms with E-state index in [1.54, 1.807) is 0 Å². The molecular formula is C60H42N2Si. The number of fused-ring (bicyclic) bond motifs is 6. The summed E-state index contributed by atoms with van der Waals surface area (Å²) in [5.41, 5.74) is 11.9. The Kier molecular flexibility index (Phi) is 8.87. The molecule has 0 aliphatic carbocycles. The third-order valence-electron chi connectivity index (χ3n) is 13.1. The van der Waals surface area contributed by atoms with Gasteiger partial charge in [0.15, 0.2) is 8.07 Å². The van der Waals surface area contributed by atoms with Gasteiger partial charge >= 0.3 is 0 Å². The lowest BCUT2D eigenvalue weighted by molar-refractivity contribution is 1.17. The molecule has 3 heteroatoms. The topological polar surface area (TPSA) is 9.86 Å². The average molecular weight is 819 g/mol. The highest BCUT2D eigenvalue weighted by Crippen LogP contribution is 2.41. The van der Waals surface area contributed by atoms with Gasteiger partial charge in [-0.1, -0.05) is 218 Å². The summed E-state index contributed by atoms with van der Waals surface area (Å²) in [5.74, 6) is 0. The minimum Gasteiger partial charge on any atom is -0.309 e. The molecule has 12 aromatic rings. The molecule has 63 heavy (non-hydrogen) atoms. The summed E-state index contributed by atoms with van der Waals surface area (Å²) in [5, 5.41) is 10.4. The number of hydrogen-bond donors (Lipinski definition) is 0. The van der Waals surface area contributed by atoms with Crippen molar-refractivity contribution in [3.63, 3.8) is 0 Å². The van der Waals surface area contributed by atoms with Gasteiger partial charge < -0.3 is 9.13 Å². The zero-order valence-corrected chi connectivity index (χ0v) is 35.6. The van der Waals surface area contributed by atoms with Gasteiger partial charge in [-0.3, -0.25) is 0 Å². The first-order chi connectivity index (χ1) is 31.3. The highest BCUT2D eigenvalue weighted by molar-refractivity contribution is 7.20. The second kappa shape index (κ2) is 15.2. The van der Waals surface area contributed by atoms with Crippen molar-refractivity contribution in [3.8, 4) is 33.6 Å². The van der Waals surface area contributed by atoms with E-state index in [1.807, 2.05) is 0 Å². The van der Waals surface area contributed by atoms with Crippen LogP contribution in [0.2, 0.25) is 0 Å². The number of benzene rings is 10. The van der Waals surface area contributed by atoms with Crippen LogP contribution in [0.5, 0.6) is 0 Å². The fraction of sp³-hybridized carbons (Fsp3) is 0. The SMILES string of the molecule is c1ccc(-c2ccccc2-n2c3ccccc3c3cc(-n4c5cccc(-c6ccccc6)c5c5cccc([Si](c6ccccc6)(c6ccccc6)c6ccccc6)c54)ccc32)cc1. The van der Waals surface area contributed by atoms with E-state index in [0.717, 1.165) is 5.69 Å². The molecule has 10 aromatic carbocycles. The van der Waals surface area contributed by atoms with Crippen molar-refractivity contribution in [1.82, 2.24) is 9.13 Å². The second-order valence-electron chi connectivity index (χ2n) is 16.4. The fourth-order valence-electron chi connectivity index (χ4n) is 10.5. The summed E-state index contributed by atoms with van der Waals surface area (Å²) in [6.45, 7) is 0.